The van der Waals surface area contributed by atoms with E-state index < -0.39 is 11.5 Å². The standard InChI is InChI=1S/C23H24ClN5O3/c1-15(2)14-29-20-18(4-3-9-25-20)26-19(23(29)32)22(31)28-12-10-27(11-13-28)21(30)16-5-7-17(24)8-6-16/h3-9,15H,10-14H2,1-2H3. The molecule has 1 aliphatic heterocycles. The predicted molar refractivity (Wildman–Crippen MR) is 122 cm³/mol. The van der Waals surface area contributed by atoms with E-state index in [0.717, 1.165) is 0 Å². The number of carbonyl (C=O) groups is 2. The summed E-state index contributed by atoms with van der Waals surface area (Å²) in [7, 11) is 0. The Morgan fingerprint density at radius 3 is 2.25 bits per heavy atom. The van der Waals surface area contributed by atoms with Crippen molar-refractivity contribution in [3.63, 3.8) is 0 Å². The Kier molecular flexibility index (Phi) is 6.23. The molecule has 32 heavy (non-hydrogen) atoms. The van der Waals surface area contributed by atoms with Crippen molar-refractivity contribution < 1.29 is 9.59 Å². The highest BCUT2D eigenvalue weighted by molar-refractivity contribution is 6.30. The topological polar surface area (TPSA) is 88.4 Å². The van der Waals surface area contributed by atoms with Gasteiger partial charge in [0.15, 0.2) is 11.3 Å². The summed E-state index contributed by atoms with van der Waals surface area (Å²) >= 11 is 5.90. The number of nitrogens with zero attached hydrogens (tertiary/aromatic N) is 5. The zero-order valence-corrected chi connectivity index (χ0v) is 18.7. The summed E-state index contributed by atoms with van der Waals surface area (Å²) in [4.78, 5) is 51.0. The van der Waals surface area contributed by atoms with Crippen molar-refractivity contribution in [2.24, 2.45) is 5.92 Å². The molecule has 0 radical (unpaired) electrons. The molecule has 1 fully saturated rings. The zero-order valence-electron chi connectivity index (χ0n) is 18.0. The number of carbonyl (C=O) groups excluding carboxylic acids is 2. The number of halogens is 1. The number of pyridine rings is 1. The number of hydrogen-bond donors (Lipinski definition) is 0. The van der Waals surface area contributed by atoms with Gasteiger partial charge in [0, 0.05) is 49.5 Å². The minimum atomic E-state index is -0.436. The van der Waals surface area contributed by atoms with Gasteiger partial charge in [-0.1, -0.05) is 25.4 Å². The van der Waals surface area contributed by atoms with Crippen molar-refractivity contribution in [2.45, 2.75) is 20.4 Å². The Labute approximate surface area is 190 Å². The Hall–Kier alpha value is -3.26. The van der Waals surface area contributed by atoms with Gasteiger partial charge in [0.25, 0.3) is 17.4 Å². The monoisotopic (exact) mass is 453 g/mol. The number of piperazine rings is 1. The highest BCUT2D eigenvalue weighted by Gasteiger charge is 2.28. The first-order chi connectivity index (χ1) is 15.3. The highest BCUT2D eigenvalue weighted by Crippen LogP contribution is 2.15. The fourth-order valence-corrected chi connectivity index (χ4v) is 3.91. The Balaban J connectivity index is 1.54. The summed E-state index contributed by atoms with van der Waals surface area (Å²) in [5.74, 6) is -0.328. The predicted octanol–water partition coefficient (Wildman–Crippen LogP) is 2.70. The molecule has 0 saturated carbocycles. The number of benzene rings is 1. The summed E-state index contributed by atoms with van der Waals surface area (Å²) in [5, 5.41) is 0.568. The molecule has 0 aliphatic carbocycles. The summed E-state index contributed by atoms with van der Waals surface area (Å²) in [6.07, 6.45) is 1.61. The molecule has 1 saturated heterocycles. The lowest BCUT2D eigenvalue weighted by Gasteiger charge is -2.34. The minimum absolute atomic E-state index is 0.108. The molecule has 166 valence electrons. The SMILES string of the molecule is CC(C)Cn1c(=O)c(C(=O)N2CCN(C(=O)c3ccc(Cl)cc3)CC2)nc2cccnc21. The molecule has 0 bridgehead atoms. The van der Waals surface area contributed by atoms with E-state index in [-0.39, 0.29) is 17.5 Å². The maximum atomic E-state index is 13.2. The third-order valence-corrected chi connectivity index (χ3v) is 5.65. The molecule has 0 atom stereocenters. The van der Waals surface area contributed by atoms with Crippen molar-refractivity contribution >= 4 is 34.6 Å². The van der Waals surface area contributed by atoms with Crippen LogP contribution < -0.4 is 5.56 Å². The van der Waals surface area contributed by atoms with Crippen LogP contribution in [0, 0.1) is 5.92 Å². The van der Waals surface area contributed by atoms with Gasteiger partial charge in [0.05, 0.1) is 0 Å². The van der Waals surface area contributed by atoms with Gasteiger partial charge < -0.3 is 9.80 Å². The molecule has 0 spiro atoms. The quantitative estimate of drug-likeness (QED) is 0.606. The van der Waals surface area contributed by atoms with E-state index in [9.17, 15) is 14.4 Å². The number of amides is 2. The second-order valence-corrected chi connectivity index (χ2v) is 8.64. The van der Waals surface area contributed by atoms with Crippen molar-refractivity contribution in [1.29, 1.82) is 0 Å². The first-order valence-electron chi connectivity index (χ1n) is 10.5. The number of hydrogen-bond acceptors (Lipinski definition) is 5. The summed E-state index contributed by atoms with van der Waals surface area (Å²) in [5.41, 5.74) is 0.987. The molecule has 8 nitrogen and oxygen atoms in total. The second-order valence-electron chi connectivity index (χ2n) is 8.21. The molecule has 3 aromatic rings. The Morgan fingerprint density at radius 2 is 1.62 bits per heavy atom. The molecule has 4 rings (SSSR count). The van der Waals surface area contributed by atoms with Crippen LogP contribution in [0.15, 0.2) is 47.4 Å². The number of fused-ring (bicyclic) bond motifs is 1. The minimum Gasteiger partial charge on any atom is -0.335 e. The summed E-state index contributed by atoms with van der Waals surface area (Å²) in [6.45, 7) is 5.85. The lowest BCUT2D eigenvalue weighted by Crippen LogP contribution is -2.51. The van der Waals surface area contributed by atoms with Crippen LogP contribution in [0.5, 0.6) is 0 Å². The smallest absolute Gasteiger partial charge is 0.283 e. The van der Waals surface area contributed by atoms with E-state index in [4.69, 9.17) is 11.6 Å². The Morgan fingerprint density at radius 1 is 1.00 bits per heavy atom. The van der Waals surface area contributed by atoms with Crippen molar-refractivity contribution in [3.8, 4) is 0 Å². The van der Waals surface area contributed by atoms with Gasteiger partial charge in [-0.25, -0.2) is 9.97 Å². The molecule has 1 aliphatic rings. The zero-order chi connectivity index (χ0) is 22.8. The molecule has 0 unspecified atom stereocenters. The van der Waals surface area contributed by atoms with Crippen LogP contribution in [0.1, 0.15) is 34.7 Å². The molecular weight excluding hydrogens is 430 g/mol. The molecule has 0 N–H and O–H groups in total. The van der Waals surface area contributed by atoms with E-state index >= 15 is 0 Å². The van der Waals surface area contributed by atoms with Gasteiger partial charge >= 0.3 is 0 Å². The lowest BCUT2D eigenvalue weighted by molar-refractivity contribution is 0.0531. The van der Waals surface area contributed by atoms with E-state index in [2.05, 4.69) is 9.97 Å². The van der Waals surface area contributed by atoms with E-state index in [1.54, 1.807) is 52.4 Å². The van der Waals surface area contributed by atoms with Gasteiger partial charge in [-0.3, -0.25) is 19.0 Å². The average molecular weight is 454 g/mol. The van der Waals surface area contributed by atoms with Crippen molar-refractivity contribution in [2.75, 3.05) is 26.2 Å². The lowest BCUT2D eigenvalue weighted by atomic mass is 10.1. The van der Waals surface area contributed by atoms with Crippen LogP contribution in [0.4, 0.5) is 0 Å². The maximum absolute atomic E-state index is 13.2. The van der Waals surface area contributed by atoms with Gasteiger partial charge in [0.1, 0.15) is 5.52 Å². The van der Waals surface area contributed by atoms with Gasteiger partial charge in [-0.15, -0.1) is 0 Å². The molecule has 1 aromatic carbocycles. The number of rotatable bonds is 4. The number of aromatic nitrogens is 3. The fraction of sp³-hybridized carbons (Fsp3) is 0.348. The van der Waals surface area contributed by atoms with Gasteiger partial charge in [-0.05, 0) is 42.3 Å². The second kappa shape index (κ2) is 9.08. The molecule has 2 aromatic heterocycles. The molecule has 2 amide bonds. The van der Waals surface area contributed by atoms with Crippen molar-refractivity contribution in [1.82, 2.24) is 24.3 Å². The molecule has 9 heteroatoms. The van der Waals surface area contributed by atoms with Crippen LogP contribution in [-0.4, -0.2) is 62.3 Å². The van der Waals surface area contributed by atoms with E-state index in [1.807, 2.05) is 13.8 Å². The van der Waals surface area contributed by atoms with E-state index in [0.29, 0.717) is 54.5 Å². The first kappa shape index (κ1) is 22.0. The van der Waals surface area contributed by atoms with Crippen LogP contribution in [0.2, 0.25) is 5.02 Å². The third kappa shape index (κ3) is 4.36. The Bertz CT molecular complexity index is 1210. The maximum Gasteiger partial charge on any atom is 0.283 e. The first-order valence-corrected chi connectivity index (χ1v) is 10.9. The summed E-state index contributed by atoms with van der Waals surface area (Å²) < 4.78 is 1.53. The van der Waals surface area contributed by atoms with E-state index in [1.165, 1.54) is 4.57 Å². The normalized spacial score (nSPS) is 14.2. The van der Waals surface area contributed by atoms with Crippen molar-refractivity contribution in [3.05, 3.63) is 69.2 Å². The van der Waals surface area contributed by atoms with Crippen LogP contribution in [0.3, 0.4) is 0 Å². The largest absolute Gasteiger partial charge is 0.335 e. The summed E-state index contributed by atoms with van der Waals surface area (Å²) in [6, 6.07) is 10.2. The van der Waals surface area contributed by atoms with Crippen LogP contribution in [0.25, 0.3) is 11.2 Å². The third-order valence-electron chi connectivity index (χ3n) is 5.40. The van der Waals surface area contributed by atoms with Crippen LogP contribution >= 0.6 is 11.6 Å². The van der Waals surface area contributed by atoms with Gasteiger partial charge in [0.2, 0.25) is 0 Å². The molecule has 3 heterocycles. The average Bonchev–Trinajstić information content (AvgIpc) is 2.80. The van der Waals surface area contributed by atoms with Gasteiger partial charge in [-0.2, -0.15) is 0 Å². The highest BCUT2D eigenvalue weighted by atomic mass is 35.5. The fourth-order valence-electron chi connectivity index (χ4n) is 3.79. The molecular formula is C23H24ClN5O3. The van der Waals surface area contributed by atoms with Crippen LogP contribution in [-0.2, 0) is 6.54 Å².